The lowest BCUT2D eigenvalue weighted by molar-refractivity contribution is -0.121. The van der Waals surface area contributed by atoms with Crippen molar-refractivity contribution in [2.24, 2.45) is 0 Å². The molecule has 5 nitrogen and oxygen atoms in total. The highest BCUT2D eigenvalue weighted by molar-refractivity contribution is 5.76. The zero-order valence-corrected chi connectivity index (χ0v) is 17.5. The molecule has 0 unspecified atom stereocenters. The Hall–Kier alpha value is -2.60. The lowest BCUT2D eigenvalue weighted by atomic mass is 9.87. The van der Waals surface area contributed by atoms with Gasteiger partial charge in [0.1, 0.15) is 5.82 Å². The molecule has 1 aliphatic rings. The first kappa shape index (κ1) is 21.1. The predicted octanol–water partition coefficient (Wildman–Crippen LogP) is 3.86. The van der Waals surface area contributed by atoms with Crippen molar-refractivity contribution in [2.75, 3.05) is 20.8 Å². The van der Waals surface area contributed by atoms with Crippen LogP contribution in [0.5, 0.6) is 11.5 Å². The van der Waals surface area contributed by atoms with Gasteiger partial charge in [-0.05, 0) is 54.3 Å². The van der Waals surface area contributed by atoms with E-state index in [4.69, 9.17) is 9.47 Å². The summed E-state index contributed by atoms with van der Waals surface area (Å²) >= 11 is 0. The van der Waals surface area contributed by atoms with Gasteiger partial charge in [0.15, 0.2) is 11.5 Å². The maximum Gasteiger partial charge on any atom is 0.219 e. The maximum atomic E-state index is 13.3. The molecular formula is C23H29FN2O3. The fourth-order valence-electron chi connectivity index (χ4n) is 4.05. The SMILES string of the molecule is CCC(=O)N[C@@H](C)[C@H]1c2cc(OC)c(OC)cc2CCN1Cc1ccc(F)cc1. The number of nitrogens with zero attached hydrogens (tertiary/aromatic N) is 1. The van der Waals surface area contributed by atoms with Gasteiger partial charge in [-0.1, -0.05) is 19.1 Å². The van der Waals surface area contributed by atoms with Gasteiger partial charge in [0.05, 0.1) is 20.3 Å². The molecule has 2 atom stereocenters. The van der Waals surface area contributed by atoms with E-state index < -0.39 is 0 Å². The predicted molar refractivity (Wildman–Crippen MR) is 111 cm³/mol. The Balaban J connectivity index is 1.98. The second-order valence-corrected chi connectivity index (χ2v) is 7.41. The van der Waals surface area contributed by atoms with Gasteiger partial charge in [-0.2, -0.15) is 0 Å². The molecule has 0 aliphatic carbocycles. The quantitative estimate of drug-likeness (QED) is 0.767. The summed E-state index contributed by atoms with van der Waals surface area (Å²) in [5, 5.41) is 3.12. The van der Waals surface area contributed by atoms with E-state index in [2.05, 4.69) is 10.2 Å². The standard InChI is InChI=1S/C23H29FN2O3/c1-5-22(27)25-15(2)23-19-13-21(29-4)20(28-3)12-17(19)10-11-26(23)14-16-6-8-18(24)9-7-16/h6-9,12-13,15,23H,5,10-11,14H2,1-4H3,(H,25,27)/t15-,23-/m0/s1. The molecule has 0 fully saturated rings. The van der Waals surface area contributed by atoms with Crippen LogP contribution in [0.25, 0.3) is 0 Å². The van der Waals surface area contributed by atoms with E-state index in [9.17, 15) is 9.18 Å². The van der Waals surface area contributed by atoms with Crippen molar-refractivity contribution in [1.29, 1.82) is 0 Å². The van der Waals surface area contributed by atoms with Gasteiger partial charge in [0, 0.05) is 25.6 Å². The first-order valence-electron chi connectivity index (χ1n) is 9.99. The molecule has 6 heteroatoms. The number of carbonyl (C=O) groups is 1. The Morgan fingerprint density at radius 3 is 2.48 bits per heavy atom. The van der Waals surface area contributed by atoms with E-state index >= 15 is 0 Å². The largest absolute Gasteiger partial charge is 0.493 e. The monoisotopic (exact) mass is 400 g/mol. The highest BCUT2D eigenvalue weighted by atomic mass is 19.1. The molecule has 2 aromatic rings. The normalized spacial score (nSPS) is 17.3. The van der Waals surface area contributed by atoms with Crippen LogP contribution in [0.2, 0.25) is 0 Å². The molecule has 1 aliphatic heterocycles. The summed E-state index contributed by atoms with van der Waals surface area (Å²) in [5.41, 5.74) is 3.36. The second kappa shape index (κ2) is 9.27. The smallest absolute Gasteiger partial charge is 0.219 e. The Kier molecular flexibility index (Phi) is 6.75. The number of carbonyl (C=O) groups excluding carboxylic acids is 1. The van der Waals surface area contributed by atoms with Crippen LogP contribution in [-0.4, -0.2) is 37.6 Å². The highest BCUT2D eigenvalue weighted by Crippen LogP contribution is 2.40. The summed E-state index contributed by atoms with van der Waals surface area (Å²) in [7, 11) is 3.26. The molecule has 0 radical (unpaired) electrons. The zero-order chi connectivity index (χ0) is 21.0. The average Bonchev–Trinajstić information content (AvgIpc) is 2.73. The van der Waals surface area contributed by atoms with Gasteiger partial charge in [0.25, 0.3) is 0 Å². The van der Waals surface area contributed by atoms with Crippen molar-refractivity contribution in [3.63, 3.8) is 0 Å². The molecule has 1 heterocycles. The van der Waals surface area contributed by atoms with E-state index in [0.717, 1.165) is 24.1 Å². The molecule has 29 heavy (non-hydrogen) atoms. The van der Waals surface area contributed by atoms with Crippen LogP contribution >= 0.6 is 0 Å². The van der Waals surface area contributed by atoms with E-state index in [1.807, 2.05) is 38.1 Å². The van der Waals surface area contributed by atoms with Crippen molar-refractivity contribution in [1.82, 2.24) is 10.2 Å². The van der Waals surface area contributed by atoms with Crippen molar-refractivity contribution in [2.45, 2.75) is 45.3 Å². The van der Waals surface area contributed by atoms with Crippen molar-refractivity contribution in [3.8, 4) is 11.5 Å². The Morgan fingerprint density at radius 2 is 1.86 bits per heavy atom. The molecule has 0 saturated carbocycles. The van der Waals surface area contributed by atoms with Gasteiger partial charge >= 0.3 is 0 Å². The summed E-state index contributed by atoms with van der Waals surface area (Å²) in [6.07, 6.45) is 1.30. The Morgan fingerprint density at radius 1 is 1.21 bits per heavy atom. The molecule has 0 saturated heterocycles. The maximum absolute atomic E-state index is 13.3. The van der Waals surface area contributed by atoms with E-state index in [1.165, 1.54) is 17.7 Å². The molecule has 1 N–H and O–H groups in total. The zero-order valence-electron chi connectivity index (χ0n) is 17.5. The van der Waals surface area contributed by atoms with Gasteiger partial charge in [-0.25, -0.2) is 4.39 Å². The highest BCUT2D eigenvalue weighted by Gasteiger charge is 2.33. The summed E-state index contributed by atoms with van der Waals surface area (Å²) in [5.74, 6) is 1.16. The summed E-state index contributed by atoms with van der Waals surface area (Å²) in [6, 6.07) is 10.5. The van der Waals surface area contributed by atoms with Crippen LogP contribution in [-0.2, 0) is 17.8 Å². The van der Waals surface area contributed by atoms with Crippen molar-refractivity contribution < 1.29 is 18.7 Å². The Bertz CT molecular complexity index is 854. The lowest BCUT2D eigenvalue weighted by Crippen LogP contribution is -2.47. The number of rotatable bonds is 7. The third-order valence-electron chi connectivity index (χ3n) is 5.51. The molecule has 0 bridgehead atoms. The minimum Gasteiger partial charge on any atom is -0.493 e. The second-order valence-electron chi connectivity index (χ2n) is 7.41. The van der Waals surface area contributed by atoms with Crippen LogP contribution in [0.1, 0.15) is 43.0 Å². The fourth-order valence-corrected chi connectivity index (χ4v) is 4.05. The number of halogens is 1. The number of fused-ring (bicyclic) bond motifs is 1. The molecule has 0 aromatic heterocycles. The number of methoxy groups -OCH3 is 2. The lowest BCUT2D eigenvalue weighted by Gasteiger charge is -2.41. The minimum absolute atomic E-state index is 0.0202. The van der Waals surface area contributed by atoms with Crippen LogP contribution in [0.15, 0.2) is 36.4 Å². The van der Waals surface area contributed by atoms with Crippen LogP contribution < -0.4 is 14.8 Å². The third-order valence-corrected chi connectivity index (χ3v) is 5.51. The van der Waals surface area contributed by atoms with E-state index in [0.29, 0.717) is 24.5 Å². The number of hydrogen-bond acceptors (Lipinski definition) is 4. The summed E-state index contributed by atoms with van der Waals surface area (Å²) in [6.45, 7) is 5.38. The van der Waals surface area contributed by atoms with E-state index in [1.54, 1.807) is 14.2 Å². The molecule has 156 valence electrons. The fraction of sp³-hybridized carbons (Fsp3) is 0.435. The summed E-state index contributed by atoms with van der Waals surface area (Å²) < 4.78 is 24.3. The van der Waals surface area contributed by atoms with Crippen LogP contribution in [0, 0.1) is 5.82 Å². The molecule has 0 spiro atoms. The minimum atomic E-state index is -0.241. The first-order valence-corrected chi connectivity index (χ1v) is 9.99. The summed E-state index contributed by atoms with van der Waals surface area (Å²) in [4.78, 5) is 14.4. The van der Waals surface area contributed by atoms with Gasteiger partial charge in [-0.3, -0.25) is 9.69 Å². The number of ether oxygens (including phenoxy) is 2. The number of hydrogen-bond donors (Lipinski definition) is 1. The molecule has 1 amide bonds. The van der Waals surface area contributed by atoms with Gasteiger partial charge < -0.3 is 14.8 Å². The molecule has 2 aromatic carbocycles. The van der Waals surface area contributed by atoms with Gasteiger partial charge in [0.2, 0.25) is 5.91 Å². The molecular weight excluding hydrogens is 371 g/mol. The number of amides is 1. The van der Waals surface area contributed by atoms with E-state index in [-0.39, 0.29) is 23.8 Å². The topological polar surface area (TPSA) is 50.8 Å². The average molecular weight is 400 g/mol. The Labute approximate surface area is 171 Å². The van der Waals surface area contributed by atoms with Gasteiger partial charge in [-0.15, -0.1) is 0 Å². The van der Waals surface area contributed by atoms with Crippen molar-refractivity contribution in [3.05, 3.63) is 58.9 Å². The third kappa shape index (κ3) is 4.70. The first-order chi connectivity index (χ1) is 14.0. The van der Waals surface area contributed by atoms with Crippen LogP contribution in [0.4, 0.5) is 4.39 Å². The van der Waals surface area contributed by atoms with Crippen LogP contribution in [0.3, 0.4) is 0 Å². The van der Waals surface area contributed by atoms with Crippen molar-refractivity contribution >= 4 is 5.91 Å². The number of benzene rings is 2. The molecule has 3 rings (SSSR count). The number of nitrogens with one attached hydrogen (secondary N) is 1.